The van der Waals surface area contributed by atoms with Crippen molar-refractivity contribution in [3.63, 3.8) is 0 Å². The highest BCUT2D eigenvalue weighted by Gasteiger charge is 2.16. The summed E-state index contributed by atoms with van der Waals surface area (Å²) in [5.41, 5.74) is 2.64. The molecule has 0 aliphatic carbocycles. The Kier molecular flexibility index (Phi) is 7.16. The molecule has 0 saturated carbocycles. The van der Waals surface area contributed by atoms with Gasteiger partial charge in [0.15, 0.2) is 0 Å². The SMILES string of the molecule is Cc1cccc(C)c1NS(=O)(=O)c1ccc(NC(=O)CSc2ccc([N+](=O)[O-])cc2)cc1. The molecule has 0 heterocycles. The Bertz CT molecular complexity index is 1220. The van der Waals surface area contributed by atoms with Crippen molar-refractivity contribution in [2.45, 2.75) is 23.6 Å². The van der Waals surface area contributed by atoms with Crippen LogP contribution >= 0.6 is 11.8 Å². The van der Waals surface area contributed by atoms with E-state index in [1.54, 1.807) is 12.1 Å². The highest BCUT2D eigenvalue weighted by atomic mass is 32.2. The van der Waals surface area contributed by atoms with Gasteiger partial charge in [-0.15, -0.1) is 11.8 Å². The van der Waals surface area contributed by atoms with E-state index >= 15 is 0 Å². The van der Waals surface area contributed by atoms with Gasteiger partial charge in [-0.2, -0.15) is 0 Å². The number of carbonyl (C=O) groups excluding carboxylic acids is 1. The summed E-state index contributed by atoms with van der Waals surface area (Å²) in [6.07, 6.45) is 0. The summed E-state index contributed by atoms with van der Waals surface area (Å²) < 4.78 is 28.1. The molecule has 0 aromatic heterocycles. The predicted molar refractivity (Wildman–Crippen MR) is 126 cm³/mol. The maximum Gasteiger partial charge on any atom is 0.269 e. The maximum absolute atomic E-state index is 12.7. The van der Waals surface area contributed by atoms with E-state index in [0.717, 1.165) is 16.0 Å². The van der Waals surface area contributed by atoms with Crippen LogP contribution in [0.4, 0.5) is 17.1 Å². The van der Waals surface area contributed by atoms with Gasteiger partial charge in [-0.1, -0.05) is 18.2 Å². The van der Waals surface area contributed by atoms with E-state index in [2.05, 4.69) is 10.0 Å². The van der Waals surface area contributed by atoms with Gasteiger partial charge >= 0.3 is 0 Å². The summed E-state index contributed by atoms with van der Waals surface area (Å²) in [7, 11) is -3.77. The molecule has 3 aromatic rings. The van der Waals surface area contributed by atoms with Crippen LogP contribution in [0, 0.1) is 24.0 Å². The third-order valence-electron chi connectivity index (χ3n) is 4.58. The van der Waals surface area contributed by atoms with Gasteiger partial charge in [0, 0.05) is 22.7 Å². The van der Waals surface area contributed by atoms with Gasteiger partial charge < -0.3 is 5.32 Å². The van der Waals surface area contributed by atoms with Crippen molar-refractivity contribution in [2.24, 2.45) is 0 Å². The number of anilines is 2. The number of hydrogen-bond acceptors (Lipinski definition) is 6. The van der Waals surface area contributed by atoms with Gasteiger partial charge in [-0.25, -0.2) is 8.42 Å². The van der Waals surface area contributed by atoms with E-state index in [4.69, 9.17) is 0 Å². The van der Waals surface area contributed by atoms with Gasteiger partial charge in [0.1, 0.15) is 0 Å². The van der Waals surface area contributed by atoms with Gasteiger partial charge in [0.25, 0.3) is 15.7 Å². The standard InChI is InChI=1S/C22H21N3O5S2/c1-15-4-3-5-16(2)22(15)24-32(29,30)20-12-6-17(7-13-20)23-21(26)14-31-19-10-8-18(9-11-19)25(27)28/h3-13,24H,14H2,1-2H3,(H,23,26). The van der Waals surface area contributed by atoms with Crippen molar-refractivity contribution in [1.82, 2.24) is 0 Å². The number of aryl methyl sites for hydroxylation is 2. The zero-order valence-electron chi connectivity index (χ0n) is 17.4. The zero-order chi connectivity index (χ0) is 23.3. The average molecular weight is 472 g/mol. The lowest BCUT2D eigenvalue weighted by Crippen LogP contribution is -2.16. The molecular formula is C22H21N3O5S2. The number of nitro groups is 1. The first-order valence-corrected chi connectivity index (χ1v) is 12.0. The summed E-state index contributed by atoms with van der Waals surface area (Å²) >= 11 is 1.24. The number of hydrogen-bond donors (Lipinski definition) is 2. The lowest BCUT2D eigenvalue weighted by molar-refractivity contribution is -0.384. The molecule has 32 heavy (non-hydrogen) atoms. The molecule has 0 bridgehead atoms. The third-order valence-corrected chi connectivity index (χ3v) is 6.96. The van der Waals surface area contributed by atoms with Gasteiger partial charge in [0.05, 0.1) is 21.3 Å². The molecule has 0 spiro atoms. The molecule has 0 radical (unpaired) electrons. The molecule has 166 valence electrons. The van der Waals surface area contributed by atoms with Crippen molar-refractivity contribution in [2.75, 3.05) is 15.8 Å². The molecule has 3 rings (SSSR count). The van der Waals surface area contributed by atoms with Crippen molar-refractivity contribution < 1.29 is 18.1 Å². The number of amides is 1. The summed E-state index contributed by atoms with van der Waals surface area (Å²) in [5.74, 6) is -0.177. The van der Waals surface area contributed by atoms with Gasteiger partial charge in [-0.05, 0) is 61.4 Å². The van der Waals surface area contributed by atoms with Crippen LogP contribution in [0.15, 0.2) is 76.5 Å². The van der Waals surface area contributed by atoms with Crippen LogP contribution in [-0.2, 0) is 14.8 Å². The van der Waals surface area contributed by atoms with Crippen LogP contribution in [0.25, 0.3) is 0 Å². The second-order valence-electron chi connectivity index (χ2n) is 6.98. The summed E-state index contributed by atoms with van der Waals surface area (Å²) in [4.78, 5) is 23.2. The number of non-ortho nitro benzene ring substituents is 1. The third kappa shape index (κ3) is 5.86. The lowest BCUT2D eigenvalue weighted by Gasteiger charge is -2.13. The van der Waals surface area contributed by atoms with Gasteiger partial charge in [0.2, 0.25) is 5.91 Å². The van der Waals surface area contributed by atoms with Crippen LogP contribution in [0.5, 0.6) is 0 Å². The largest absolute Gasteiger partial charge is 0.325 e. The fourth-order valence-corrected chi connectivity index (χ4v) is 4.80. The summed E-state index contributed by atoms with van der Waals surface area (Å²) in [6, 6.07) is 17.3. The fourth-order valence-electron chi connectivity index (χ4n) is 2.90. The monoisotopic (exact) mass is 471 g/mol. The Labute approximate surface area is 190 Å². The first-order valence-electron chi connectivity index (χ1n) is 9.52. The molecule has 3 aromatic carbocycles. The minimum absolute atomic E-state index is 0.0130. The first kappa shape index (κ1) is 23.3. The van der Waals surface area contributed by atoms with Crippen LogP contribution < -0.4 is 10.0 Å². The first-order chi connectivity index (χ1) is 15.2. The van der Waals surface area contributed by atoms with Crippen LogP contribution in [-0.4, -0.2) is 25.0 Å². The number of nitro benzene ring substituents is 1. The van der Waals surface area contributed by atoms with E-state index in [1.807, 2.05) is 32.0 Å². The topological polar surface area (TPSA) is 118 Å². The Hall–Kier alpha value is -3.37. The number of carbonyl (C=O) groups is 1. The molecule has 10 heteroatoms. The van der Waals surface area contributed by atoms with Gasteiger partial charge in [-0.3, -0.25) is 19.6 Å². The highest BCUT2D eigenvalue weighted by molar-refractivity contribution is 8.00. The molecule has 0 saturated heterocycles. The molecule has 0 atom stereocenters. The highest BCUT2D eigenvalue weighted by Crippen LogP contribution is 2.25. The molecule has 2 N–H and O–H groups in total. The predicted octanol–water partition coefficient (Wildman–Crippen LogP) is 4.74. The van der Waals surface area contributed by atoms with E-state index in [0.29, 0.717) is 11.4 Å². The lowest BCUT2D eigenvalue weighted by atomic mass is 10.1. The number of benzene rings is 3. The second kappa shape index (κ2) is 9.84. The smallest absolute Gasteiger partial charge is 0.269 e. The number of nitrogens with zero attached hydrogens (tertiary/aromatic N) is 1. The van der Waals surface area contributed by atoms with E-state index in [-0.39, 0.29) is 22.2 Å². The minimum atomic E-state index is -3.77. The second-order valence-corrected chi connectivity index (χ2v) is 9.72. The van der Waals surface area contributed by atoms with Crippen LogP contribution in [0.2, 0.25) is 0 Å². The summed E-state index contributed by atoms with van der Waals surface area (Å²) in [6.45, 7) is 3.66. The fraction of sp³-hybridized carbons (Fsp3) is 0.136. The normalized spacial score (nSPS) is 11.1. The Morgan fingerprint density at radius 1 is 0.969 bits per heavy atom. The number of nitrogens with one attached hydrogen (secondary N) is 2. The Balaban J connectivity index is 1.60. The van der Waals surface area contributed by atoms with E-state index < -0.39 is 14.9 Å². The molecule has 0 aliphatic rings. The molecular weight excluding hydrogens is 450 g/mol. The van der Waals surface area contributed by atoms with E-state index in [9.17, 15) is 23.3 Å². The zero-order valence-corrected chi connectivity index (χ0v) is 19.0. The van der Waals surface area contributed by atoms with Crippen molar-refractivity contribution in [3.8, 4) is 0 Å². The van der Waals surface area contributed by atoms with E-state index in [1.165, 1.54) is 48.2 Å². The molecule has 8 nitrogen and oxygen atoms in total. The van der Waals surface area contributed by atoms with Crippen molar-refractivity contribution >= 4 is 44.8 Å². The number of sulfonamides is 1. The number of thioether (sulfide) groups is 1. The van der Waals surface area contributed by atoms with Crippen molar-refractivity contribution in [1.29, 1.82) is 0 Å². The maximum atomic E-state index is 12.7. The van der Waals surface area contributed by atoms with Crippen LogP contribution in [0.3, 0.4) is 0 Å². The minimum Gasteiger partial charge on any atom is -0.325 e. The average Bonchev–Trinajstić information content (AvgIpc) is 2.76. The Morgan fingerprint density at radius 3 is 2.12 bits per heavy atom. The van der Waals surface area contributed by atoms with Crippen LogP contribution in [0.1, 0.15) is 11.1 Å². The molecule has 0 fully saturated rings. The van der Waals surface area contributed by atoms with Crippen molar-refractivity contribution in [3.05, 3.63) is 88.0 Å². The Morgan fingerprint density at radius 2 is 1.56 bits per heavy atom. The number of para-hydroxylation sites is 1. The summed E-state index contributed by atoms with van der Waals surface area (Å²) in [5, 5.41) is 13.4. The molecule has 0 unspecified atom stereocenters. The quantitative estimate of drug-likeness (QED) is 0.278. The molecule has 1 amide bonds. The molecule has 0 aliphatic heterocycles. The number of rotatable bonds is 8.